The van der Waals surface area contributed by atoms with E-state index in [-0.39, 0.29) is 11.4 Å². The Balaban J connectivity index is 2.09. The Bertz CT molecular complexity index is 595. The average Bonchev–Trinajstić information content (AvgIpc) is 2.46. The van der Waals surface area contributed by atoms with Crippen LogP contribution in [-0.2, 0) is 21.2 Å². The number of rotatable bonds is 5. The Labute approximate surface area is 125 Å². The highest BCUT2D eigenvalue weighted by atomic mass is 32.2. The van der Waals surface area contributed by atoms with Gasteiger partial charge in [0, 0.05) is 38.3 Å². The molecule has 2 rings (SSSR count). The molecule has 0 saturated carbocycles. The number of nitrogens with two attached hydrogens (primary N) is 1. The summed E-state index contributed by atoms with van der Waals surface area (Å²) in [5.74, 6) is 0. The van der Waals surface area contributed by atoms with Crippen molar-refractivity contribution < 1.29 is 18.3 Å². The second-order valence-corrected chi connectivity index (χ2v) is 7.14. The zero-order valence-corrected chi connectivity index (χ0v) is 12.9. The van der Waals surface area contributed by atoms with E-state index < -0.39 is 15.6 Å². The van der Waals surface area contributed by atoms with Gasteiger partial charge in [0.1, 0.15) is 0 Å². The molecule has 0 aromatic heterocycles. The second-order valence-electron chi connectivity index (χ2n) is 5.38. The van der Waals surface area contributed by atoms with Gasteiger partial charge in [-0.3, -0.25) is 0 Å². The smallest absolute Gasteiger partial charge is 0.240 e. The molecule has 21 heavy (non-hydrogen) atoms. The molecule has 1 aliphatic rings. The van der Waals surface area contributed by atoms with Gasteiger partial charge in [0.15, 0.2) is 0 Å². The van der Waals surface area contributed by atoms with Gasteiger partial charge >= 0.3 is 0 Å². The molecule has 1 saturated heterocycles. The highest BCUT2D eigenvalue weighted by Crippen LogP contribution is 2.22. The number of aliphatic hydroxyl groups is 1. The molecule has 0 unspecified atom stereocenters. The zero-order chi connectivity index (χ0) is 15.5. The average molecular weight is 314 g/mol. The summed E-state index contributed by atoms with van der Waals surface area (Å²) in [5.41, 5.74) is 6.17. The van der Waals surface area contributed by atoms with E-state index in [2.05, 4.69) is 4.72 Å². The van der Waals surface area contributed by atoms with Crippen molar-refractivity contribution in [2.45, 2.75) is 36.7 Å². The minimum Gasteiger partial charge on any atom is -0.398 e. The molecule has 0 amide bonds. The third-order valence-electron chi connectivity index (χ3n) is 3.82. The van der Waals surface area contributed by atoms with Crippen LogP contribution in [0.2, 0.25) is 0 Å². The maximum atomic E-state index is 12.3. The van der Waals surface area contributed by atoms with Crippen molar-refractivity contribution in [3.8, 4) is 0 Å². The number of benzene rings is 1. The number of aryl methyl sites for hydroxylation is 1. The molecule has 0 aliphatic carbocycles. The Morgan fingerprint density at radius 1 is 1.38 bits per heavy atom. The molecule has 1 aromatic carbocycles. The van der Waals surface area contributed by atoms with Gasteiger partial charge in [-0.05, 0) is 24.1 Å². The van der Waals surface area contributed by atoms with Crippen LogP contribution in [0.5, 0.6) is 0 Å². The molecule has 0 bridgehead atoms. The summed E-state index contributed by atoms with van der Waals surface area (Å²) >= 11 is 0. The largest absolute Gasteiger partial charge is 0.398 e. The maximum Gasteiger partial charge on any atom is 0.240 e. The summed E-state index contributed by atoms with van der Waals surface area (Å²) in [6, 6.07) is 4.70. The third-order valence-corrected chi connectivity index (χ3v) is 5.22. The molecule has 1 aliphatic heterocycles. The van der Waals surface area contributed by atoms with Gasteiger partial charge in [-0.25, -0.2) is 13.1 Å². The minimum absolute atomic E-state index is 0.0197. The topological polar surface area (TPSA) is 102 Å². The predicted octanol–water partition coefficient (Wildman–Crippen LogP) is 0.651. The minimum atomic E-state index is -3.68. The lowest BCUT2D eigenvalue weighted by Crippen LogP contribution is -2.46. The Morgan fingerprint density at radius 2 is 2.05 bits per heavy atom. The molecule has 7 heteroatoms. The summed E-state index contributed by atoms with van der Waals surface area (Å²) in [6.45, 7) is 2.82. The Hall–Kier alpha value is -1.15. The second kappa shape index (κ2) is 6.31. The van der Waals surface area contributed by atoms with Crippen LogP contribution in [0.4, 0.5) is 5.69 Å². The SMILES string of the molecule is CCc1ccc(S(=O)(=O)NCC2(O)CCOCC2)cc1N. The first-order chi connectivity index (χ1) is 9.86. The first-order valence-electron chi connectivity index (χ1n) is 7.04. The number of nitrogen functional groups attached to an aromatic ring is 1. The van der Waals surface area contributed by atoms with Crippen LogP contribution in [0.15, 0.2) is 23.1 Å². The van der Waals surface area contributed by atoms with E-state index in [4.69, 9.17) is 10.5 Å². The van der Waals surface area contributed by atoms with Gasteiger partial charge < -0.3 is 15.6 Å². The lowest BCUT2D eigenvalue weighted by atomic mass is 9.95. The third kappa shape index (κ3) is 3.94. The fraction of sp³-hybridized carbons (Fsp3) is 0.571. The van der Waals surface area contributed by atoms with Crippen molar-refractivity contribution in [3.05, 3.63) is 23.8 Å². The molecular weight excluding hydrogens is 292 g/mol. The Morgan fingerprint density at radius 3 is 2.62 bits per heavy atom. The predicted molar refractivity (Wildman–Crippen MR) is 80.4 cm³/mol. The number of sulfonamides is 1. The van der Waals surface area contributed by atoms with Gasteiger partial charge in [0.25, 0.3) is 0 Å². The van der Waals surface area contributed by atoms with Crippen LogP contribution in [0.1, 0.15) is 25.3 Å². The van der Waals surface area contributed by atoms with Crippen LogP contribution < -0.4 is 10.5 Å². The molecule has 0 radical (unpaired) electrons. The molecule has 4 N–H and O–H groups in total. The molecule has 0 atom stereocenters. The first-order valence-corrected chi connectivity index (χ1v) is 8.53. The van der Waals surface area contributed by atoms with Crippen molar-refractivity contribution in [1.82, 2.24) is 4.72 Å². The first kappa shape index (κ1) is 16.2. The fourth-order valence-corrected chi connectivity index (χ4v) is 3.46. The van der Waals surface area contributed by atoms with Crippen molar-refractivity contribution in [2.24, 2.45) is 0 Å². The summed E-state index contributed by atoms with van der Waals surface area (Å²) < 4.78 is 32.2. The van der Waals surface area contributed by atoms with Crippen molar-refractivity contribution in [2.75, 3.05) is 25.5 Å². The number of anilines is 1. The van der Waals surface area contributed by atoms with Crippen LogP contribution in [0.3, 0.4) is 0 Å². The van der Waals surface area contributed by atoms with E-state index in [1.54, 1.807) is 6.07 Å². The molecular formula is C14H22N2O4S. The fourth-order valence-electron chi connectivity index (χ4n) is 2.30. The van der Waals surface area contributed by atoms with Crippen molar-refractivity contribution in [3.63, 3.8) is 0 Å². The maximum absolute atomic E-state index is 12.3. The van der Waals surface area contributed by atoms with E-state index >= 15 is 0 Å². The molecule has 1 heterocycles. The molecule has 1 aromatic rings. The lowest BCUT2D eigenvalue weighted by molar-refractivity contribution is -0.0588. The van der Waals surface area contributed by atoms with Crippen LogP contribution in [-0.4, -0.2) is 38.9 Å². The molecule has 1 fully saturated rings. The zero-order valence-electron chi connectivity index (χ0n) is 12.1. The number of ether oxygens (including phenoxy) is 1. The van der Waals surface area contributed by atoms with Gasteiger partial charge in [0.05, 0.1) is 10.5 Å². The van der Waals surface area contributed by atoms with Gasteiger partial charge in [-0.15, -0.1) is 0 Å². The summed E-state index contributed by atoms with van der Waals surface area (Å²) in [4.78, 5) is 0.118. The van der Waals surface area contributed by atoms with E-state index in [0.717, 1.165) is 12.0 Å². The van der Waals surface area contributed by atoms with Crippen molar-refractivity contribution >= 4 is 15.7 Å². The van der Waals surface area contributed by atoms with E-state index in [9.17, 15) is 13.5 Å². The normalized spacial score (nSPS) is 18.6. The number of nitrogens with one attached hydrogen (secondary N) is 1. The van der Waals surface area contributed by atoms with Gasteiger partial charge in [0.2, 0.25) is 10.0 Å². The van der Waals surface area contributed by atoms with E-state index in [0.29, 0.717) is 31.7 Å². The summed E-state index contributed by atoms with van der Waals surface area (Å²) in [5, 5.41) is 10.3. The number of hydrogen-bond acceptors (Lipinski definition) is 5. The highest BCUT2D eigenvalue weighted by molar-refractivity contribution is 7.89. The van der Waals surface area contributed by atoms with Gasteiger partial charge in [-0.2, -0.15) is 0 Å². The van der Waals surface area contributed by atoms with E-state index in [1.165, 1.54) is 12.1 Å². The molecule has 0 spiro atoms. The van der Waals surface area contributed by atoms with Gasteiger partial charge in [-0.1, -0.05) is 13.0 Å². The highest BCUT2D eigenvalue weighted by Gasteiger charge is 2.31. The standard InChI is InChI=1S/C14H22N2O4S/c1-2-11-3-4-12(9-13(11)15)21(18,19)16-10-14(17)5-7-20-8-6-14/h3-4,9,16-17H,2,5-8,10,15H2,1H3. The van der Waals surface area contributed by atoms with E-state index in [1.807, 2.05) is 6.92 Å². The quantitative estimate of drug-likeness (QED) is 0.693. The molecule has 6 nitrogen and oxygen atoms in total. The Kier molecular flexibility index (Phi) is 4.88. The van der Waals surface area contributed by atoms with Crippen molar-refractivity contribution in [1.29, 1.82) is 0 Å². The summed E-state index contributed by atoms with van der Waals surface area (Å²) in [6.07, 6.45) is 1.60. The van der Waals surface area contributed by atoms with Crippen LogP contribution in [0.25, 0.3) is 0 Å². The van der Waals surface area contributed by atoms with Crippen LogP contribution in [0, 0.1) is 0 Å². The van der Waals surface area contributed by atoms with Crippen LogP contribution >= 0.6 is 0 Å². The molecule has 118 valence electrons. The number of hydrogen-bond donors (Lipinski definition) is 3. The lowest BCUT2D eigenvalue weighted by Gasteiger charge is -2.31. The monoisotopic (exact) mass is 314 g/mol. The summed E-state index contributed by atoms with van der Waals surface area (Å²) in [7, 11) is -3.68.